The maximum atomic E-state index is 12.3. The summed E-state index contributed by atoms with van der Waals surface area (Å²) in [5.74, 6) is 1.07. The summed E-state index contributed by atoms with van der Waals surface area (Å²) >= 11 is 0. The van der Waals surface area contributed by atoms with Crippen LogP contribution >= 0.6 is 0 Å². The van der Waals surface area contributed by atoms with Gasteiger partial charge in [0.2, 0.25) is 11.8 Å². The molecule has 7 nitrogen and oxygen atoms in total. The summed E-state index contributed by atoms with van der Waals surface area (Å²) in [7, 11) is 0. The van der Waals surface area contributed by atoms with Crippen LogP contribution in [0.1, 0.15) is 32.1 Å². The lowest BCUT2D eigenvalue weighted by Gasteiger charge is -2.35. The fourth-order valence-corrected chi connectivity index (χ4v) is 3.45. The van der Waals surface area contributed by atoms with Gasteiger partial charge in [-0.1, -0.05) is 6.07 Å². The van der Waals surface area contributed by atoms with Crippen molar-refractivity contribution >= 4 is 17.6 Å². The Bertz CT molecular complexity index is 582. The van der Waals surface area contributed by atoms with Gasteiger partial charge in [-0.15, -0.1) is 0 Å². The number of nitrogens with one attached hydrogen (secondary N) is 1. The van der Waals surface area contributed by atoms with Crippen LogP contribution in [-0.2, 0) is 14.3 Å². The lowest BCUT2D eigenvalue weighted by Crippen LogP contribution is -2.49. The molecule has 2 saturated heterocycles. The minimum atomic E-state index is 0.00766. The predicted molar refractivity (Wildman–Crippen MR) is 98.9 cm³/mol. The summed E-state index contributed by atoms with van der Waals surface area (Å²) in [5, 5.41) is 2.85. The quantitative estimate of drug-likeness (QED) is 0.791. The average Bonchev–Trinajstić information content (AvgIpc) is 3.21. The van der Waals surface area contributed by atoms with E-state index in [-0.39, 0.29) is 17.9 Å². The van der Waals surface area contributed by atoms with E-state index < -0.39 is 0 Å². The summed E-state index contributed by atoms with van der Waals surface area (Å²) in [6.07, 6.45) is 5.77. The van der Waals surface area contributed by atoms with Gasteiger partial charge < -0.3 is 19.9 Å². The summed E-state index contributed by atoms with van der Waals surface area (Å²) in [6, 6.07) is 5.86. The van der Waals surface area contributed by atoms with E-state index in [0.29, 0.717) is 32.5 Å². The van der Waals surface area contributed by atoms with Crippen molar-refractivity contribution in [1.29, 1.82) is 0 Å². The normalized spacial score (nSPS) is 20.2. The lowest BCUT2D eigenvalue weighted by atomic mass is 10.1. The molecule has 26 heavy (non-hydrogen) atoms. The first-order valence-corrected chi connectivity index (χ1v) is 9.54. The molecule has 2 aliphatic heterocycles. The number of hydrogen-bond acceptors (Lipinski definition) is 5. The second kappa shape index (κ2) is 9.52. The lowest BCUT2D eigenvalue weighted by molar-refractivity contribution is -0.131. The van der Waals surface area contributed by atoms with Crippen molar-refractivity contribution in [1.82, 2.24) is 15.2 Å². The fourth-order valence-electron chi connectivity index (χ4n) is 3.45. The first-order chi connectivity index (χ1) is 12.7. The van der Waals surface area contributed by atoms with Crippen LogP contribution in [0.5, 0.6) is 0 Å². The van der Waals surface area contributed by atoms with E-state index in [9.17, 15) is 9.59 Å². The van der Waals surface area contributed by atoms with Crippen LogP contribution in [-0.4, -0.2) is 67.1 Å². The number of rotatable bonds is 7. The van der Waals surface area contributed by atoms with Crippen molar-refractivity contribution in [3.8, 4) is 0 Å². The van der Waals surface area contributed by atoms with Gasteiger partial charge in [0.15, 0.2) is 0 Å². The van der Waals surface area contributed by atoms with E-state index in [0.717, 1.165) is 44.8 Å². The molecule has 3 heterocycles. The van der Waals surface area contributed by atoms with Gasteiger partial charge >= 0.3 is 0 Å². The molecular formula is C19H28N4O3. The monoisotopic (exact) mass is 360 g/mol. The van der Waals surface area contributed by atoms with Gasteiger partial charge in [0.1, 0.15) is 5.82 Å². The number of aromatic nitrogens is 1. The van der Waals surface area contributed by atoms with Gasteiger partial charge in [0.25, 0.3) is 0 Å². The van der Waals surface area contributed by atoms with Crippen molar-refractivity contribution in [3.05, 3.63) is 24.4 Å². The number of carbonyl (C=O) groups excluding carboxylic acids is 2. The number of nitrogens with zero attached hydrogens (tertiary/aromatic N) is 3. The van der Waals surface area contributed by atoms with Gasteiger partial charge in [-0.3, -0.25) is 9.59 Å². The number of piperazine rings is 1. The number of amides is 2. The number of hydrogen-bond donors (Lipinski definition) is 1. The van der Waals surface area contributed by atoms with E-state index in [4.69, 9.17) is 4.74 Å². The van der Waals surface area contributed by atoms with Gasteiger partial charge in [0, 0.05) is 58.4 Å². The first-order valence-electron chi connectivity index (χ1n) is 9.54. The molecule has 142 valence electrons. The van der Waals surface area contributed by atoms with Crippen LogP contribution < -0.4 is 10.2 Å². The molecule has 1 N–H and O–H groups in total. The van der Waals surface area contributed by atoms with Gasteiger partial charge in [0.05, 0.1) is 6.10 Å². The van der Waals surface area contributed by atoms with Crippen molar-refractivity contribution < 1.29 is 14.3 Å². The third kappa shape index (κ3) is 5.42. The van der Waals surface area contributed by atoms with E-state index >= 15 is 0 Å². The molecular weight excluding hydrogens is 332 g/mol. The topological polar surface area (TPSA) is 74.8 Å². The van der Waals surface area contributed by atoms with Crippen molar-refractivity contribution in [3.63, 3.8) is 0 Å². The zero-order valence-corrected chi connectivity index (χ0v) is 15.2. The third-order valence-electron chi connectivity index (χ3n) is 4.98. The summed E-state index contributed by atoms with van der Waals surface area (Å²) in [5.41, 5.74) is 0. The maximum absolute atomic E-state index is 12.3. The van der Waals surface area contributed by atoms with E-state index in [1.165, 1.54) is 0 Å². The van der Waals surface area contributed by atoms with Gasteiger partial charge in [-0.05, 0) is 31.4 Å². The molecule has 0 saturated carbocycles. The zero-order chi connectivity index (χ0) is 18.2. The Morgan fingerprint density at radius 1 is 1.19 bits per heavy atom. The fraction of sp³-hybridized carbons (Fsp3) is 0.632. The second-order valence-electron chi connectivity index (χ2n) is 6.83. The second-order valence-corrected chi connectivity index (χ2v) is 6.83. The Morgan fingerprint density at radius 3 is 2.73 bits per heavy atom. The highest BCUT2D eigenvalue weighted by Crippen LogP contribution is 2.16. The zero-order valence-electron chi connectivity index (χ0n) is 15.2. The number of anilines is 1. The third-order valence-corrected chi connectivity index (χ3v) is 4.98. The molecule has 2 fully saturated rings. The highest BCUT2D eigenvalue weighted by molar-refractivity contribution is 5.79. The highest BCUT2D eigenvalue weighted by atomic mass is 16.5. The van der Waals surface area contributed by atoms with Crippen LogP contribution in [0, 0.1) is 0 Å². The molecule has 2 aliphatic rings. The van der Waals surface area contributed by atoms with Crippen LogP contribution in [0.15, 0.2) is 24.4 Å². The van der Waals surface area contributed by atoms with Crippen LogP contribution in [0.3, 0.4) is 0 Å². The van der Waals surface area contributed by atoms with Crippen LogP contribution in [0.4, 0.5) is 5.82 Å². The first kappa shape index (κ1) is 18.6. The molecule has 0 bridgehead atoms. The Labute approximate surface area is 154 Å². The molecule has 2 amide bonds. The SMILES string of the molecule is O=C(CC[C@@H]1CCCO1)NCCC(=O)N1CCN(c2ccccn2)CC1. The van der Waals surface area contributed by atoms with Crippen molar-refractivity contribution in [2.45, 2.75) is 38.2 Å². The van der Waals surface area contributed by atoms with Crippen molar-refractivity contribution in [2.24, 2.45) is 0 Å². The Kier molecular flexibility index (Phi) is 6.82. The molecule has 1 atom stereocenters. The molecule has 0 aromatic carbocycles. The number of ether oxygens (including phenoxy) is 1. The molecule has 3 rings (SSSR count). The number of pyridine rings is 1. The maximum Gasteiger partial charge on any atom is 0.224 e. The molecule has 0 aliphatic carbocycles. The van der Waals surface area contributed by atoms with Gasteiger partial charge in [-0.2, -0.15) is 0 Å². The van der Waals surface area contributed by atoms with E-state index in [1.54, 1.807) is 6.20 Å². The van der Waals surface area contributed by atoms with Gasteiger partial charge in [-0.25, -0.2) is 4.98 Å². The predicted octanol–water partition coefficient (Wildman–Crippen LogP) is 1.20. The standard InChI is InChI=1S/C19H28N4O3/c24-18(7-6-16-4-3-15-26-16)21-10-8-19(25)23-13-11-22(12-14-23)17-5-1-2-9-20-17/h1-2,5,9,16H,3-4,6-8,10-15H2,(H,21,24)/t16-/m0/s1. The van der Waals surface area contributed by atoms with Crippen LogP contribution in [0.2, 0.25) is 0 Å². The number of carbonyl (C=O) groups is 2. The molecule has 0 unspecified atom stereocenters. The Hall–Kier alpha value is -2.15. The largest absolute Gasteiger partial charge is 0.378 e. The molecule has 0 radical (unpaired) electrons. The Morgan fingerprint density at radius 2 is 2.04 bits per heavy atom. The van der Waals surface area contributed by atoms with E-state index in [1.807, 2.05) is 23.1 Å². The molecule has 0 spiro atoms. The minimum absolute atomic E-state index is 0.00766. The van der Waals surface area contributed by atoms with Crippen LogP contribution in [0.25, 0.3) is 0 Å². The minimum Gasteiger partial charge on any atom is -0.378 e. The average molecular weight is 360 g/mol. The smallest absolute Gasteiger partial charge is 0.224 e. The Balaban J connectivity index is 1.30. The summed E-state index contributed by atoms with van der Waals surface area (Å²) in [4.78, 5) is 32.6. The molecule has 1 aromatic heterocycles. The highest BCUT2D eigenvalue weighted by Gasteiger charge is 2.21. The summed E-state index contributed by atoms with van der Waals surface area (Å²) < 4.78 is 5.52. The summed E-state index contributed by atoms with van der Waals surface area (Å²) in [6.45, 7) is 4.19. The van der Waals surface area contributed by atoms with E-state index in [2.05, 4.69) is 15.2 Å². The molecule has 7 heteroatoms. The van der Waals surface area contributed by atoms with Crippen molar-refractivity contribution in [2.75, 3.05) is 44.2 Å². The molecule has 1 aromatic rings.